The second-order valence-corrected chi connectivity index (χ2v) is 9.96. The summed E-state index contributed by atoms with van der Waals surface area (Å²) in [5.74, 6) is 0.336. The van der Waals surface area contributed by atoms with E-state index < -0.39 is 11.6 Å². The van der Waals surface area contributed by atoms with Gasteiger partial charge in [-0.05, 0) is 52.2 Å². The van der Waals surface area contributed by atoms with E-state index in [1.54, 1.807) is 6.20 Å². The van der Waals surface area contributed by atoms with Crippen LogP contribution in [-0.4, -0.2) is 71.5 Å². The number of likely N-dealkylation sites (tertiary alicyclic amines) is 1. The monoisotopic (exact) mass is 443 g/mol. The molecule has 3 saturated heterocycles. The van der Waals surface area contributed by atoms with Crippen LogP contribution in [-0.2, 0) is 19.1 Å². The molecule has 4 rings (SSSR count). The van der Waals surface area contributed by atoms with Gasteiger partial charge < -0.3 is 15.0 Å². The van der Waals surface area contributed by atoms with Crippen LogP contribution < -0.4 is 15.5 Å². The number of anilines is 2. The largest absolute Gasteiger partial charge is 0.460 e. The summed E-state index contributed by atoms with van der Waals surface area (Å²) in [5.41, 5.74) is 0.342. The minimum atomic E-state index is -0.428. The number of carbonyl (C=O) groups is 3. The molecule has 0 spiro atoms. The van der Waals surface area contributed by atoms with Crippen molar-refractivity contribution in [3.8, 4) is 0 Å². The van der Waals surface area contributed by atoms with Crippen LogP contribution in [0.1, 0.15) is 46.5 Å². The number of hydrogen-bond acceptors (Lipinski definition) is 8. The van der Waals surface area contributed by atoms with Gasteiger partial charge in [0.25, 0.3) is 0 Å². The topological polar surface area (TPSA) is 104 Å². The average molecular weight is 444 g/mol. The molecule has 0 aliphatic carbocycles. The molecular formula is C23H33N5O4. The van der Waals surface area contributed by atoms with Gasteiger partial charge in [-0.15, -0.1) is 0 Å². The van der Waals surface area contributed by atoms with Crippen LogP contribution in [0.25, 0.3) is 0 Å². The SMILES string of the molecule is CC(C)(C)OC(=O)C1CN(C2CCN(c3ccc(NC4CCC(=O)NC4=O)cn3)CC2)C1. The highest BCUT2D eigenvalue weighted by Crippen LogP contribution is 2.28. The average Bonchev–Trinajstić information content (AvgIpc) is 2.69. The Balaban J connectivity index is 1.22. The van der Waals surface area contributed by atoms with Gasteiger partial charge in [0.2, 0.25) is 11.8 Å². The van der Waals surface area contributed by atoms with Crippen LogP contribution in [0.5, 0.6) is 0 Å². The molecule has 3 aliphatic heterocycles. The Morgan fingerprint density at radius 1 is 1.16 bits per heavy atom. The van der Waals surface area contributed by atoms with Crippen LogP contribution >= 0.6 is 0 Å². The number of piperidine rings is 2. The molecule has 0 saturated carbocycles. The summed E-state index contributed by atoms with van der Waals surface area (Å²) in [6, 6.07) is 3.99. The van der Waals surface area contributed by atoms with Crippen molar-refractivity contribution in [3.63, 3.8) is 0 Å². The zero-order chi connectivity index (χ0) is 22.9. The standard InChI is InChI=1S/C23H33N5O4/c1-23(2,3)32-22(31)15-13-28(14-15)17-8-10-27(11-9-17)19-6-4-16(12-24-19)25-18-5-7-20(29)26-21(18)30/h4,6,12,15,17-18,25H,5,7-11,13-14H2,1-3H3,(H,26,29,30). The maximum absolute atomic E-state index is 12.2. The van der Waals surface area contributed by atoms with Crippen molar-refractivity contribution < 1.29 is 19.1 Å². The summed E-state index contributed by atoms with van der Waals surface area (Å²) in [6.07, 6.45) is 4.66. The number of ether oxygens (including phenoxy) is 1. The zero-order valence-electron chi connectivity index (χ0n) is 19.1. The minimum Gasteiger partial charge on any atom is -0.460 e. The molecule has 4 heterocycles. The fourth-order valence-electron chi connectivity index (χ4n) is 4.50. The van der Waals surface area contributed by atoms with E-state index in [4.69, 9.17) is 4.74 Å². The molecule has 3 aliphatic rings. The Kier molecular flexibility index (Phi) is 6.37. The molecule has 0 bridgehead atoms. The Morgan fingerprint density at radius 3 is 2.47 bits per heavy atom. The van der Waals surface area contributed by atoms with E-state index in [-0.39, 0.29) is 23.7 Å². The van der Waals surface area contributed by atoms with Crippen molar-refractivity contribution in [1.82, 2.24) is 15.2 Å². The van der Waals surface area contributed by atoms with Gasteiger partial charge in [0.15, 0.2) is 0 Å². The van der Waals surface area contributed by atoms with Crippen molar-refractivity contribution in [2.75, 3.05) is 36.4 Å². The normalized spacial score (nSPS) is 23.5. The van der Waals surface area contributed by atoms with Gasteiger partial charge in [0.1, 0.15) is 17.5 Å². The summed E-state index contributed by atoms with van der Waals surface area (Å²) in [6.45, 7) is 9.14. The molecule has 3 fully saturated rings. The summed E-state index contributed by atoms with van der Waals surface area (Å²) in [7, 11) is 0. The van der Waals surface area contributed by atoms with Crippen molar-refractivity contribution in [1.29, 1.82) is 0 Å². The molecule has 1 unspecified atom stereocenters. The van der Waals surface area contributed by atoms with Gasteiger partial charge in [-0.3, -0.25) is 24.6 Å². The zero-order valence-corrected chi connectivity index (χ0v) is 19.1. The fraction of sp³-hybridized carbons (Fsp3) is 0.652. The molecule has 9 heteroatoms. The molecule has 1 aromatic rings. The van der Waals surface area contributed by atoms with E-state index in [2.05, 4.69) is 25.4 Å². The molecule has 174 valence electrons. The fourth-order valence-corrected chi connectivity index (χ4v) is 4.50. The maximum atomic E-state index is 12.2. The molecule has 0 radical (unpaired) electrons. The first-order chi connectivity index (χ1) is 15.2. The second-order valence-electron chi connectivity index (χ2n) is 9.96. The number of hydrogen-bond donors (Lipinski definition) is 2. The van der Waals surface area contributed by atoms with E-state index in [1.807, 2.05) is 32.9 Å². The van der Waals surface area contributed by atoms with Crippen LogP contribution in [0.2, 0.25) is 0 Å². The molecule has 9 nitrogen and oxygen atoms in total. The number of imide groups is 1. The Labute approximate surface area is 188 Å². The first kappa shape index (κ1) is 22.5. The van der Waals surface area contributed by atoms with E-state index in [0.29, 0.717) is 18.9 Å². The van der Waals surface area contributed by atoms with E-state index in [0.717, 1.165) is 50.5 Å². The first-order valence-electron chi connectivity index (χ1n) is 11.5. The van der Waals surface area contributed by atoms with E-state index in [9.17, 15) is 14.4 Å². The summed E-state index contributed by atoms with van der Waals surface area (Å²) in [4.78, 5) is 44.6. The second kappa shape index (κ2) is 9.05. The van der Waals surface area contributed by atoms with Crippen molar-refractivity contribution in [2.24, 2.45) is 5.92 Å². The van der Waals surface area contributed by atoms with Gasteiger partial charge >= 0.3 is 5.97 Å². The molecule has 2 amide bonds. The quantitative estimate of drug-likeness (QED) is 0.522. The van der Waals surface area contributed by atoms with E-state index >= 15 is 0 Å². The van der Waals surface area contributed by atoms with Crippen molar-refractivity contribution in [2.45, 2.75) is 64.1 Å². The smallest absolute Gasteiger partial charge is 0.312 e. The predicted molar refractivity (Wildman–Crippen MR) is 120 cm³/mol. The lowest BCUT2D eigenvalue weighted by molar-refractivity contribution is -0.167. The van der Waals surface area contributed by atoms with Gasteiger partial charge in [0.05, 0.1) is 17.8 Å². The molecule has 2 N–H and O–H groups in total. The Bertz CT molecular complexity index is 852. The third kappa shape index (κ3) is 5.38. The number of pyridine rings is 1. The number of aromatic nitrogens is 1. The number of amides is 2. The minimum absolute atomic E-state index is 0.00154. The van der Waals surface area contributed by atoms with Gasteiger partial charge in [-0.1, -0.05) is 0 Å². The highest BCUT2D eigenvalue weighted by molar-refractivity contribution is 6.01. The maximum Gasteiger partial charge on any atom is 0.312 e. The van der Waals surface area contributed by atoms with Gasteiger partial charge in [-0.2, -0.15) is 0 Å². The molecule has 32 heavy (non-hydrogen) atoms. The van der Waals surface area contributed by atoms with Crippen LogP contribution in [0.4, 0.5) is 11.5 Å². The lowest BCUT2D eigenvalue weighted by Crippen LogP contribution is -2.58. The lowest BCUT2D eigenvalue weighted by atomic mass is 9.93. The Hall–Kier alpha value is -2.68. The number of nitrogens with zero attached hydrogens (tertiary/aromatic N) is 3. The highest BCUT2D eigenvalue weighted by Gasteiger charge is 2.39. The lowest BCUT2D eigenvalue weighted by Gasteiger charge is -2.46. The van der Waals surface area contributed by atoms with E-state index in [1.165, 1.54) is 0 Å². The first-order valence-corrected chi connectivity index (χ1v) is 11.5. The summed E-state index contributed by atoms with van der Waals surface area (Å²) in [5, 5.41) is 5.51. The summed E-state index contributed by atoms with van der Waals surface area (Å²) < 4.78 is 5.50. The third-order valence-electron chi connectivity index (χ3n) is 6.28. The molecule has 1 aromatic heterocycles. The third-order valence-corrected chi connectivity index (χ3v) is 6.28. The number of nitrogens with one attached hydrogen (secondary N) is 2. The van der Waals surface area contributed by atoms with Crippen LogP contribution in [0.15, 0.2) is 18.3 Å². The molecule has 0 aromatic carbocycles. The molecular weight excluding hydrogens is 410 g/mol. The van der Waals surface area contributed by atoms with Gasteiger partial charge in [0, 0.05) is 38.6 Å². The number of carbonyl (C=O) groups excluding carboxylic acids is 3. The van der Waals surface area contributed by atoms with Crippen LogP contribution in [0, 0.1) is 5.92 Å². The Morgan fingerprint density at radius 2 is 1.88 bits per heavy atom. The summed E-state index contributed by atoms with van der Waals surface area (Å²) >= 11 is 0. The van der Waals surface area contributed by atoms with Crippen LogP contribution in [0.3, 0.4) is 0 Å². The highest BCUT2D eigenvalue weighted by atomic mass is 16.6. The number of rotatable bonds is 5. The van der Waals surface area contributed by atoms with Gasteiger partial charge in [-0.25, -0.2) is 4.98 Å². The molecule has 1 atom stereocenters. The van der Waals surface area contributed by atoms with Crippen molar-refractivity contribution >= 4 is 29.3 Å². The number of esters is 1. The predicted octanol–water partition coefficient (Wildman–Crippen LogP) is 1.54. The van der Waals surface area contributed by atoms with Crippen molar-refractivity contribution in [3.05, 3.63) is 18.3 Å².